The molecule has 1 saturated heterocycles. The van der Waals surface area contributed by atoms with Gasteiger partial charge in [0.2, 0.25) is 0 Å². The first kappa shape index (κ1) is 30.8. The topological polar surface area (TPSA) is 114 Å². The molecule has 1 aromatic heterocycles. The fourth-order valence-electron chi connectivity index (χ4n) is 4.86. The van der Waals surface area contributed by atoms with Crippen LogP contribution in [0.5, 0.6) is 0 Å². The van der Waals surface area contributed by atoms with E-state index >= 15 is 0 Å². The van der Waals surface area contributed by atoms with E-state index in [1.165, 1.54) is 12.1 Å². The van der Waals surface area contributed by atoms with E-state index in [2.05, 4.69) is 10.4 Å². The molecule has 0 saturated carbocycles. The average molecular weight is 583 g/mol. The molecule has 1 atom stereocenters. The summed E-state index contributed by atoms with van der Waals surface area (Å²) in [7, 11) is 0. The summed E-state index contributed by atoms with van der Waals surface area (Å²) in [5, 5.41) is 17.6. The Morgan fingerprint density at radius 2 is 1.76 bits per heavy atom. The van der Waals surface area contributed by atoms with Crippen LogP contribution in [0.4, 0.5) is 13.6 Å². The highest BCUT2D eigenvalue weighted by Gasteiger charge is 2.28. The summed E-state index contributed by atoms with van der Waals surface area (Å²) in [5.41, 5.74) is 0.436. The predicted octanol–water partition coefficient (Wildman–Crippen LogP) is 4.36. The lowest BCUT2D eigenvalue weighted by Gasteiger charge is -2.34. The molecule has 1 unspecified atom stereocenters. The van der Waals surface area contributed by atoms with Crippen LogP contribution in [0, 0.1) is 17.6 Å². The van der Waals surface area contributed by atoms with Crippen LogP contribution in [0.1, 0.15) is 56.0 Å². The highest BCUT2D eigenvalue weighted by molar-refractivity contribution is 5.94. The zero-order chi connectivity index (χ0) is 30.4. The van der Waals surface area contributed by atoms with E-state index in [0.29, 0.717) is 30.6 Å². The van der Waals surface area contributed by atoms with Gasteiger partial charge in [0.1, 0.15) is 17.2 Å². The van der Waals surface area contributed by atoms with Crippen LogP contribution in [0.25, 0.3) is 11.3 Å². The molecule has 1 aliphatic heterocycles. The van der Waals surface area contributed by atoms with Crippen molar-refractivity contribution < 1.29 is 28.2 Å². The third-order valence-corrected chi connectivity index (χ3v) is 6.92. The Balaban J connectivity index is 1.30. The second kappa shape index (κ2) is 13.2. The summed E-state index contributed by atoms with van der Waals surface area (Å²) in [5.74, 6) is -1.65. The van der Waals surface area contributed by atoms with Crippen molar-refractivity contribution in [1.82, 2.24) is 20.0 Å². The number of carbonyl (C=O) groups excluding carboxylic acids is 2. The van der Waals surface area contributed by atoms with Crippen LogP contribution >= 0.6 is 0 Å². The Morgan fingerprint density at radius 1 is 1.07 bits per heavy atom. The number of likely N-dealkylation sites (tertiary alicyclic amines) is 1. The van der Waals surface area contributed by atoms with E-state index in [1.54, 1.807) is 29.2 Å². The molecule has 9 nitrogen and oxygen atoms in total. The number of carbonyl (C=O) groups is 2. The van der Waals surface area contributed by atoms with Gasteiger partial charge < -0.3 is 20.1 Å². The molecule has 4 rings (SSSR count). The Kier molecular flexibility index (Phi) is 9.72. The molecule has 1 aliphatic rings. The molecule has 2 aromatic carbocycles. The molecule has 42 heavy (non-hydrogen) atoms. The van der Waals surface area contributed by atoms with Crippen LogP contribution < -0.4 is 10.9 Å². The zero-order valence-electron chi connectivity index (χ0n) is 24.0. The van der Waals surface area contributed by atoms with Crippen molar-refractivity contribution in [1.29, 1.82) is 0 Å². The molecule has 3 aromatic rings. The van der Waals surface area contributed by atoms with Crippen LogP contribution in [-0.4, -0.2) is 63.1 Å². The van der Waals surface area contributed by atoms with Gasteiger partial charge in [-0.25, -0.2) is 18.3 Å². The number of hydrogen-bond donors (Lipinski definition) is 2. The first-order chi connectivity index (χ1) is 19.9. The van der Waals surface area contributed by atoms with E-state index in [9.17, 15) is 28.3 Å². The van der Waals surface area contributed by atoms with Crippen molar-refractivity contribution in [3.05, 3.63) is 87.7 Å². The van der Waals surface area contributed by atoms with E-state index in [4.69, 9.17) is 4.74 Å². The van der Waals surface area contributed by atoms with Crippen molar-refractivity contribution in [2.45, 2.75) is 58.3 Å². The minimum absolute atomic E-state index is 0.0379. The van der Waals surface area contributed by atoms with Crippen molar-refractivity contribution >= 4 is 12.0 Å². The first-order valence-corrected chi connectivity index (χ1v) is 13.9. The zero-order valence-corrected chi connectivity index (χ0v) is 24.0. The van der Waals surface area contributed by atoms with Gasteiger partial charge in [0, 0.05) is 42.9 Å². The Morgan fingerprint density at radius 3 is 2.43 bits per heavy atom. The number of hydrogen-bond acceptors (Lipinski definition) is 6. The largest absolute Gasteiger partial charge is 0.444 e. The van der Waals surface area contributed by atoms with E-state index in [1.807, 2.05) is 20.8 Å². The van der Waals surface area contributed by atoms with E-state index in [0.717, 1.165) is 35.7 Å². The quantitative estimate of drug-likeness (QED) is 0.408. The Labute approximate surface area is 243 Å². The van der Waals surface area contributed by atoms with Gasteiger partial charge in [0.05, 0.1) is 18.3 Å². The number of aromatic nitrogens is 2. The second-order valence-corrected chi connectivity index (χ2v) is 11.6. The molecule has 0 aliphatic carbocycles. The van der Waals surface area contributed by atoms with Crippen LogP contribution in [0.15, 0.2) is 59.4 Å². The third kappa shape index (κ3) is 8.69. The predicted molar refractivity (Wildman–Crippen MR) is 153 cm³/mol. The lowest BCUT2D eigenvalue weighted by atomic mass is 9.91. The summed E-state index contributed by atoms with van der Waals surface area (Å²) < 4.78 is 33.9. The molecule has 1 fully saturated rings. The number of aliphatic hydroxyl groups is 1. The van der Waals surface area contributed by atoms with Crippen molar-refractivity contribution in [2.75, 3.05) is 19.6 Å². The summed E-state index contributed by atoms with van der Waals surface area (Å²) in [6.07, 6.45) is 0.923. The lowest BCUT2D eigenvalue weighted by molar-refractivity contribution is 0.0161. The average Bonchev–Trinajstić information content (AvgIpc) is 2.92. The van der Waals surface area contributed by atoms with E-state index in [-0.39, 0.29) is 42.3 Å². The summed E-state index contributed by atoms with van der Waals surface area (Å²) >= 11 is 0. The van der Waals surface area contributed by atoms with Gasteiger partial charge in [-0.15, -0.1) is 0 Å². The van der Waals surface area contributed by atoms with Crippen molar-refractivity contribution in [2.24, 2.45) is 5.92 Å². The molecule has 2 heterocycles. The molecule has 11 heteroatoms. The minimum Gasteiger partial charge on any atom is -0.444 e. The SMILES string of the molecule is CC(C)(C)OC(=O)N1CCC(CC(O)CNC(=O)c2cccc(Cn3nc(-c4cc(F)cc(F)c4)ccc3=O)c2)CC1. The minimum atomic E-state index is -0.753. The van der Waals surface area contributed by atoms with Crippen molar-refractivity contribution in [3.63, 3.8) is 0 Å². The number of aliphatic hydroxyl groups excluding tert-OH is 1. The molecular weight excluding hydrogens is 546 g/mol. The molecule has 2 amide bonds. The number of benzene rings is 2. The molecule has 224 valence electrons. The standard InChI is InChI=1S/C31H36F2N4O5/c1-31(2,3)42-30(41)36-11-9-20(10-12-36)14-26(38)18-34-29(40)22-6-4-5-21(13-22)19-37-28(39)8-7-27(35-37)23-15-24(32)17-25(33)16-23/h4-8,13,15-17,20,26,38H,9-12,14,18-19H2,1-3H3,(H,34,40). The summed E-state index contributed by atoms with van der Waals surface area (Å²) in [6.45, 7) is 6.72. The normalized spacial score (nSPS) is 14.9. The fraction of sp³-hybridized carbons (Fsp3) is 0.419. The highest BCUT2D eigenvalue weighted by atomic mass is 19.1. The molecule has 0 bridgehead atoms. The van der Waals surface area contributed by atoms with Gasteiger partial charge in [-0.1, -0.05) is 12.1 Å². The Bertz CT molecular complexity index is 1460. The summed E-state index contributed by atoms with van der Waals surface area (Å²) in [4.78, 5) is 39.2. The van der Waals surface area contributed by atoms with Gasteiger partial charge in [-0.05, 0) is 81.8 Å². The van der Waals surface area contributed by atoms with Gasteiger partial charge in [0.25, 0.3) is 11.5 Å². The molecule has 0 spiro atoms. The number of piperidine rings is 1. The number of ether oxygens (including phenoxy) is 1. The third-order valence-electron chi connectivity index (χ3n) is 6.92. The van der Waals surface area contributed by atoms with Crippen LogP contribution in [-0.2, 0) is 11.3 Å². The van der Waals surface area contributed by atoms with Crippen LogP contribution in [0.3, 0.4) is 0 Å². The monoisotopic (exact) mass is 582 g/mol. The van der Waals surface area contributed by atoms with Crippen molar-refractivity contribution in [3.8, 4) is 11.3 Å². The second-order valence-electron chi connectivity index (χ2n) is 11.6. The highest BCUT2D eigenvalue weighted by Crippen LogP contribution is 2.24. The number of nitrogens with zero attached hydrogens (tertiary/aromatic N) is 3. The number of halogens is 2. The van der Waals surface area contributed by atoms with Gasteiger partial charge >= 0.3 is 6.09 Å². The lowest BCUT2D eigenvalue weighted by Crippen LogP contribution is -2.42. The Hall–Kier alpha value is -4.12. The number of nitrogens with one attached hydrogen (secondary N) is 1. The molecule has 0 radical (unpaired) electrons. The number of rotatable bonds is 8. The van der Waals surface area contributed by atoms with Gasteiger partial charge in [-0.2, -0.15) is 5.10 Å². The fourth-order valence-corrected chi connectivity index (χ4v) is 4.86. The smallest absolute Gasteiger partial charge is 0.410 e. The van der Waals surface area contributed by atoms with Gasteiger partial charge in [0.15, 0.2) is 0 Å². The molecule has 2 N–H and O–H groups in total. The van der Waals surface area contributed by atoms with E-state index < -0.39 is 28.9 Å². The molecular formula is C31H36F2N4O5. The number of amides is 2. The van der Waals surface area contributed by atoms with Gasteiger partial charge in [-0.3, -0.25) is 9.59 Å². The summed E-state index contributed by atoms with van der Waals surface area (Å²) in [6, 6.07) is 12.3. The maximum atomic E-state index is 13.7. The maximum absolute atomic E-state index is 13.7. The van der Waals surface area contributed by atoms with Crippen LogP contribution in [0.2, 0.25) is 0 Å². The first-order valence-electron chi connectivity index (χ1n) is 13.9. The maximum Gasteiger partial charge on any atom is 0.410 e.